The van der Waals surface area contributed by atoms with Crippen LogP contribution in [0.25, 0.3) is 0 Å². The minimum absolute atomic E-state index is 0.0647. The van der Waals surface area contributed by atoms with Crippen LogP contribution in [0.5, 0.6) is 5.75 Å². The first-order valence-corrected chi connectivity index (χ1v) is 11.0. The summed E-state index contributed by atoms with van der Waals surface area (Å²) in [5, 5.41) is 3.01. The van der Waals surface area contributed by atoms with E-state index in [2.05, 4.69) is 5.32 Å². The van der Waals surface area contributed by atoms with Gasteiger partial charge >= 0.3 is 0 Å². The lowest BCUT2D eigenvalue weighted by Gasteiger charge is -2.31. The van der Waals surface area contributed by atoms with Crippen molar-refractivity contribution in [3.63, 3.8) is 0 Å². The maximum atomic E-state index is 13.1. The molecule has 8 heteroatoms. The van der Waals surface area contributed by atoms with Crippen LogP contribution < -0.4 is 10.1 Å². The van der Waals surface area contributed by atoms with E-state index in [0.717, 1.165) is 23.4 Å². The standard InChI is InChI=1S/C21H25FN2O4S/c1-15(16-3-7-19(28-2)8-4-16)23-21(25)17-11-13-24(14-12-17)29(26,27)20-9-5-18(22)6-10-20/h3-10,15,17H,11-14H2,1-2H3,(H,23,25)/t15-/m1/s1. The zero-order valence-corrected chi connectivity index (χ0v) is 17.3. The molecule has 1 aliphatic rings. The molecule has 2 aromatic carbocycles. The molecule has 0 unspecified atom stereocenters. The Morgan fingerprint density at radius 2 is 1.69 bits per heavy atom. The SMILES string of the molecule is COc1ccc([C@@H](C)NC(=O)C2CCN(S(=O)(=O)c3ccc(F)cc3)CC2)cc1. The third-order valence-electron chi connectivity index (χ3n) is 5.25. The van der Waals surface area contributed by atoms with Gasteiger partial charge in [0.15, 0.2) is 0 Å². The van der Waals surface area contributed by atoms with Gasteiger partial charge in [0.25, 0.3) is 0 Å². The van der Waals surface area contributed by atoms with Crippen LogP contribution in [0.1, 0.15) is 31.4 Å². The average Bonchev–Trinajstić information content (AvgIpc) is 2.74. The molecule has 0 radical (unpaired) electrons. The van der Waals surface area contributed by atoms with Crippen molar-refractivity contribution in [3.05, 3.63) is 59.9 Å². The van der Waals surface area contributed by atoms with Gasteiger partial charge in [-0.25, -0.2) is 12.8 Å². The Morgan fingerprint density at radius 1 is 1.10 bits per heavy atom. The van der Waals surface area contributed by atoms with Crippen molar-refractivity contribution in [2.24, 2.45) is 5.92 Å². The number of hydrogen-bond donors (Lipinski definition) is 1. The Labute approximate surface area is 170 Å². The summed E-state index contributed by atoms with van der Waals surface area (Å²) in [4.78, 5) is 12.7. The fourth-order valence-corrected chi connectivity index (χ4v) is 4.89. The number of ether oxygens (including phenoxy) is 1. The highest BCUT2D eigenvalue weighted by molar-refractivity contribution is 7.89. The molecule has 1 amide bonds. The van der Waals surface area contributed by atoms with Gasteiger partial charge in [0.05, 0.1) is 18.0 Å². The number of sulfonamides is 1. The van der Waals surface area contributed by atoms with E-state index in [-0.39, 0.29) is 35.9 Å². The topological polar surface area (TPSA) is 75.7 Å². The largest absolute Gasteiger partial charge is 0.497 e. The second-order valence-corrected chi connectivity index (χ2v) is 9.07. The van der Waals surface area contributed by atoms with Crippen molar-refractivity contribution in [1.29, 1.82) is 0 Å². The minimum atomic E-state index is -3.68. The number of benzene rings is 2. The highest BCUT2D eigenvalue weighted by atomic mass is 32.2. The maximum absolute atomic E-state index is 13.1. The molecule has 1 fully saturated rings. The molecule has 0 saturated carbocycles. The summed E-state index contributed by atoms with van der Waals surface area (Å²) < 4.78 is 44.9. The molecule has 0 aliphatic carbocycles. The van der Waals surface area contributed by atoms with Gasteiger partial charge < -0.3 is 10.1 Å². The van der Waals surface area contributed by atoms with E-state index in [1.54, 1.807) is 7.11 Å². The molecule has 0 aromatic heterocycles. The Bertz CT molecular complexity index is 938. The third-order valence-corrected chi connectivity index (χ3v) is 7.16. The van der Waals surface area contributed by atoms with Gasteiger partial charge in [0.2, 0.25) is 15.9 Å². The summed E-state index contributed by atoms with van der Waals surface area (Å²) >= 11 is 0. The van der Waals surface area contributed by atoms with Crippen LogP contribution in [-0.4, -0.2) is 38.8 Å². The normalized spacial score (nSPS) is 16.9. The lowest BCUT2D eigenvalue weighted by Crippen LogP contribution is -2.43. The van der Waals surface area contributed by atoms with Gasteiger partial charge in [-0.05, 0) is 61.7 Å². The molecule has 3 rings (SSSR count). The number of carbonyl (C=O) groups is 1. The molecular weight excluding hydrogens is 395 g/mol. The zero-order valence-electron chi connectivity index (χ0n) is 16.5. The van der Waals surface area contributed by atoms with Crippen LogP contribution in [0.3, 0.4) is 0 Å². The molecule has 156 valence electrons. The van der Waals surface area contributed by atoms with Crippen molar-refractivity contribution >= 4 is 15.9 Å². The molecule has 6 nitrogen and oxygen atoms in total. The highest BCUT2D eigenvalue weighted by Crippen LogP contribution is 2.25. The molecule has 1 saturated heterocycles. The number of carbonyl (C=O) groups excluding carboxylic acids is 1. The molecular formula is C21H25FN2O4S. The Hall–Kier alpha value is -2.45. The first kappa shape index (κ1) is 21.3. The lowest BCUT2D eigenvalue weighted by atomic mass is 9.96. The van der Waals surface area contributed by atoms with Gasteiger partial charge in [0, 0.05) is 19.0 Å². The summed E-state index contributed by atoms with van der Waals surface area (Å²) in [6.07, 6.45) is 0.892. The number of rotatable bonds is 6. The van der Waals surface area contributed by atoms with Crippen molar-refractivity contribution in [1.82, 2.24) is 9.62 Å². The summed E-state index contributed by atoms with van der Waals surface area (Å²) in [7, 11) is -2.08. The molecule has 1 heterocycles. The van der Waals surface area contributed by atoms with Crippen LogP contribution in [-0.2, 0) is 14.8 Å². The Kier molecular flexibility index (Phi) is 6.54. The quantitative estimate of drug-likeness (QED) is 0.779. The summed E-state index contributed by atoms with van der Waals surface area (Å²) in [6, 6.07) is 12.1. The predicted octanol–water partition coefficient (Wildman–Crippen LogP) is 3.11. The van der Waals surface area contributed by atoms with Crippen molar-refractivity contribution in [2.75, 3.05) is 20.2 Å². The van der Waals surface area contributed by atoms with Crippen LogP contribution in [0.2, 0.25) is 0 Å². The summed E-state index contributed by atoms with van der Waals surface area (Å²) in [5.41, 5.74) is 0.968. The predicted molar refractivity (Wildman–Crippen MR) is 107 cm³/mol. The highest BCUT2D eigenvalue weighted by Gasteiger charge is 2.32. The van der Waals surface area contributed by atoms with Crippen molar-refractivity contribution in [3.8, 4) is 5.75 Å². The van der Waals surface area contributed by atoms with Crippen molar-refractivity contribution < 1.29 is 22.3 Å². The van der Waals surface area contributed by atoms with E-state index in [9.17, 15) is 17.6 Å². The Morgan fingerprint density at radius 3 is 2.24 bits per heavy atom. The first-order chi connectivity index (χ1) is 13.8. The van der Waals surface area contributed by atoms with Crippen LogP contribution in [0.4, 0.5) is 4.39 Å². The maximum Gasteiger partial charge on any atom is 0.243 e. The smallest absolute Gasteiger partial charge is 0.243 e. The number of piperidine rings is 1. The van der Waals surface area contributed by atoms with Gasteiger partial charge in [-0.3, -0.25) is 4.79 Å². The lowest BCUT2D eigenvalue weighted by molar-refractivity contribution is -0.126. The second kappa shape index (κ2) is 8.92. The fourth-order valence-electron chi connectivity index (χ4n) is 3.42. The fraction of sp³-hybridized carbons (Fsp3) is 0.381. The molecule has 29 heavy (non-hydrogen) atoms. The van der Waals surface area contributed by atoms with Crippen LogP contribution in [0.15, 0.2) is 53.4 Å². The van der Waals surface area contributed by atoms with E-state index in [1.165, 1.54) is 16.4 Å². The van der Waals surface area contributed by atoms with Crippen molar-refractivity contribution in [2.45, 2.75) is 30.7 Å². The number of nitrogens with zero attached hydrogens (tertiary/aromatic N) is 1. The average molecular weight is 421 g/mol. The van der Waals surface area contributed by atoms with Crippen LogP contribution >= 0.6 is 0 Å². The number of halogens is 1. The van der Waals surface area contributed by atoms with E-state index >= 15 is 0 Å². The monoisotopic (exact) mass is 420 g/mol. The molecule has 1 aliphatic heterocycles. The summed E-state index contributed by atoms with van der Waals surface area (Å²) in [5.74, 6) is -0.0464. The van der Waals surface area contributed by atoms with Gasteiger partial charge in [-0.15, -0.1) is 0 Å². The van der Waals surface area contributed by atoms with E-state index in [4.69, 9.17) is 4.74 Å². The molecule has 2 aromatic rings. The number of hydrogen-bond acceptors (Lipinski definition) is 4. The Balaban J connectivity index is 1.56. The van der Waals surface area contributed by atoms with E-state index in [1.807, 2.05) is 31.2 Å². The number of nitrogens with one attached hydrogen (secondary N) is 1. The molecule has 0 bridgehead atoms. The number of amides is 1. The summed E-state index contributed by atoms with van der Waals surface area (Å²) in [6.45, 7) is 2.43. The third kappa shape index (κ3) is 4.94. The van der Waals surface area contributed by atoms with Gasteiger partial charge in [0.1, 0.15) is 11.6 Å². The second-order valence-electron chi connectivity index (χ2n) is 7.14. The van der Waals surface area contributed by atoms with E-state index < -0.39 is 15.8 Å². The molecule has 1 atom stereocenters. The van der Waals surface area contributed by atoms with Gasteiger partial charge in [-0.1, -0.05) is 12.1 Å². The van der Waals surface area contributed by atoms with Crippen LogP contribution in [0, 0.1) is 11.7 Å². The first-order valence-electron chi connectivity index (χ1n) is 9.51. The van der Waals surface area contributed by atoms with Gasteiger partial charge in [-0.2, -0.15) is 4.31 Å². The molecule has 1 N–H and O–H groups in total. The number of methoxy groups -OCH3 is 1. The minimum Gasteiger partial charge on any atom is -0.497 e. The molecule has 0 spiro atoms. The van der Waals surface area contributed by atoms with E-state index in [0.29, 0.717) is 12.8 Å². The zero-order chi connectivity index (χ0) is 21.0.